The summed E-state index contributed by atoms with van der Waals surface area (Å²) in [5.74, 6) is 1.76. The molecule has 4 bridgehead atoms. The van der Waals surface area contributed by atoms with Gasteiger partial charge in [-0.1, -0.05) is 43.7 Å². The van der Waals surface area contributed by atoms with Crippen molar-refractivity contribution in [1.82, 2.24) is 5.32 Å². The first-order valence-corrected chi connectivity index (χ1v) is 12.1. The number of amides is 1. The molecule has 1 aromatic carbocycles. The Labute approximate surface area is 176 Å². The van der Waals surface area contributed by atoms with Gasteiger partial charge in [0.1, 0.15) is 0 Å². The van der Waals surface area contributed by atoms with Crippen LogP contribution in [0.2, 0.25) is 0 Å². The van der Waals surface area contributed by atoms with Crippen LogP contribution in [-0.4, -0.2) is 18.5 Å². The Kier molecular flexibility index (Phi) is 4.81. The summed E-state index contributed by atoms with van der Waals surface area (Å²) in [7, 11) is 0. The normalized spacial score (nSPS) is 43.3. The summed E-state index contributed by atoms with van der Waals surface area (Å²) < 4.78 is 0. The number of carbonyl (C=O) groups is 1. The fourth-order valence-corrected chi connectivity index (χ4v) is 8.28. The first-order chi connectivity index (χ1) is 14.0. The number of nitrogens with two attached hydrogens (primary N) is 1. The third-order valence-corrected chi connectivity index (χ3v) is 9.32. The molecule has 1 aromatic rings. The maximum atomic E-state index is 13.8. The van der Waals surface area contributed by atoms with Crippen molar-refractivity contribution in [2.75, 3.05) is 6.54 Å². The molecule has 1 amide bonds. The van der Waals surface area contributed by atoms with E-state index in [9.17, 15) is 4.79 Å². The molecule has 6 rings (SSSR count). The van der Waals surface area contributed by atoms with Crippen molar-refractivity contribution in [3.63, 3.8) is 0 Å². The number of rotatable bonds is 5. The zero-order valence-electron chi connectivity index (χ0n) is 18.1. The molecule has 0 radical (unpaired) electrons. The van der Waals surface area contributed by atoms with Crippen molar-refractivity contribution in [3.05, 3.63) is 35.9 Å². The second-order valence-electron chi connectivity index (χ2n) is 11.2. The average Bonchev–Trinajstić information content (AvgIpc) is 2.74. The topological polar surface area (TPSA) is 55.1 Å². The molecule has 3 heteroatoms. The van der Waals surface area contributed by atoms with Crippen LogP contribution in [0.15, 0.2) is 30.3 Å². The predicted octanol–water partition coefficient (Wildman–Crippen LogP) is 4.94. The van der Waals surface area contributed by atoms with Gasteiger partial charge in [0.25, 0.3) is 0 Å². The number of hydrogen-bond acceptors (Lipinski definition) is 2. The summed E-state index contributed by atoms with van der Waals surface area (Å²) in [6.45, 7) is 3.16. The van der Waals surface area contributed by atoms with Gasteiger partial charge in [-0.2, -0.15) is 0 Å². The average molecular weight is 395 g/mol. The molecule has 5 aliphatic carbocycles. The number of benzene rings is 1. The van der Waals surface area contributed by atoms with E-state index in [1.54, 1.807) is 0 Å². The quantitative estimate of drug-likeness (QED) is 0.743. The Morgan fingerprint density at radius 2 is 1.79 bits per heavy atom. The zero-order chi connectivity index (χ0) is 20.1. The van der Waals surface area contributed by atoms with Crippen LogP contribution in [0, 0.1) is 22.7 Å². The van der Waals surface area contributed by atoms with Gasteiger partial charge in [0.15, 0.2) is 0 Å². The van der Waals surface area contributed by atoms with Crippen LogP contribution < -0.4 is 11.1 Å². The van der Waals surface area contributed by atoms with Crippen molar-refractivity contribution in [2.45, 2.75) is 89.0 Å². The van der Waals surface area contributed by atoms with Crippen LogP contribution in [-0.2, 0) is 10.2 Å². The van der Waals surface area contributed by atoms with E-state index in [1.807, 2.05) is 0 Å². The SMILES string of the molecule is CCC12CC3CC(C(=O)N[C@H]4CC[C@H](CN)CC4)(C1)C[C@@](c1ccccc1)(C3)C2. The van der Waals surface area contributed by atoms with E-state index in [-0.39, 0.29) is 10.8 Å². The molecule has 0 saturated heterocycles. The lowest BCUT2D eigenvalue weighted by Crippen LogP contribution is -2.63. The van der Waals surface area contributed by atoms with Crippen molar-refractivity contribution in [2.24, 2.45) is 28.4 Å². The number of hydrogen-bond donors (Lipinski definition) is 2. The van der Waals surface area contributed by atoms with E-state index in [0.29, 0.717) is 29.2 Å². The van der Waals surface area contributed by atoms with Gasteiger partial charge in [0, 0.05) is 6.04 Å². The number of carbonyl (C=O) groups excluding carboxylic acids is 1. The van der Waals surface area contributed by atoms with Crippen LogP contribution in [0.4, 0.5) is 0 Å². The van der Waals surface area contributed by atoms with E-state index in [1.165, 1.54) is 44.1 Å². The molecule has 3 nitrogen and oxygen atoms in total. The summed E-state index contributed by atoms with van der Waals surface area (Å²) in [6.07, 6.45) is 13.0. The summed E-state index contributed by atoms with van der Waals surface area (Å²) in [5.41, 5.74) is 7.79. The molecule has 0 aromatic heterocycles. The Morgan fingerprint density at radius 3 is 2.48 bits per heavy atom. The summed E-state index contributed by atoms with van der Waals surface area (Å²) in [4.78, 5) is 13.8. The third-order valence-electron chi connectivity index (χ3n) is 9.32. The van der Waals surface area contributed by atoms with Gasteiger partial charge in [-0.05, 0) is 99.0 Å². The maximum absolute atomic E-state index is 13.8. The second kappa shape index (κ2) is 7.11. The summed E-state index contributed by atoms with van der Waals surface area (Å²) in [6, 6.07) is 11.5. The Morgan fingerprint density at radius 1 is 1.03 bits per heavy atom. The van der Waals surface area contributed by atoms with Crippen LogP contribution in [0.1, 0.15) is 83.1 Å². The number of nitrogens with one attached hydrogen (secondary N) is 1. The minimum absolute atomic E-state index is 0.143. The molecule has 3 unspecified atom stereocenters. The lowest BCUT2D eigenvalue weighted by Gasteiger charge is -2.66. The fraction of sp³-hybridized carbons (Fsp3) is 0.731. The van der Waals surface area contributed by atoms with Crippen molar-refractivity contribution < 1.29 is 4.79 Å². The lowest BCUT2D eigenvalue weighted by atomic mass is 9.38. The summed E-state index contributed by atoms with van der Waals surface area (Å²) in [5, 5.41) is 3.55. The molecule has 3 N–H and O–H groups in total. The van der Waals surface area contributed by atoms with Crippen molar-refractivity contribution >= 4 is 5.91 Å². The zero-order valence-corrected chi connectivity index (χ0v) is 18.1. The molecule has 4 atom stereocenters. The van der Waals surface area contributed by atoms with Crippen molar-refractivity contribution in [3.8, 4) is 0 Å². The van der Waals surface area contributed by atoms with Gasteiger partial charge >= 0.3 is 0 Å². The minimum Gasteiger partial charge on any atom is -0.353 e. The molecule has 5 saturated carbocycles. The van der Waals surface area contributed by atoms with Crippen LogP contribution in [0.3, 0.4) is 0 Å². The van der Waals surface area contributed by atoms with Gasteiger partial charge in [-0.15, -0.1) is 0 Å². The molecule has 5 fully saturated rings. The smallest absolute Gasteiger partial charge is 0.226 e. The lowest BCUT2D eigenvalue weighted by molar-refractivity contribution is -0.164. The highest BCUT2D eigenvalue weighted by Gasteiger charge is 2.65. The van der Waals surface area contributed by atoms with Gasteiger partial charge in [0.05, 0.1) is 5.41 Å². The molecular weight excluding hydrogens is 356 g/mol. The van der Waals surface area contributed by atoms with Gasteiger partial charge in [-0.3, -0.25) is 4.79 Å². The second-order valence-corrected chi connectivity index (χ2v) is 11.2. The van der Waals surface area contributed by atoms with Crippen molar-refractivity contribution in [1.29, 1.82) is 0 Å². The Bertz CT molecular complexity index is 755. The molecular formula is C26H38N2O. The van der Waals surface area contributed by atoms with E-state index in [0.717, 1.165) is 38.6 Å². The van der Waals surface area contributed by atoms with Gasteiger partial charge < -0.3 is 11.1 Å². The maximum Gasteiger partial charge on any atom is 0.226 e. The van der Waals surface area contributed by atoms with Crippen LogP contribution >= 0.6 is 0 Å². The van der Waals surface area contributed by atoms with E-state index in [2.05, 4.69) is 42.6 Å². The Balaban J connectivity index is 1.41. The fourth-order valence-electron chi connectivity index (χ4n) is 8.28. The molecule has 0 spiro atoms. The van der Waals surface area contributed by atoms with E-state index < -0.39 is 0 Å². The highest BCUT2D eigenvalue weighted by molar-refractivity contribution is 5.84. The predicted molar refractivity (Wildman–Crippen MR) is 117 cm³/mol. The van der Waals surface area contributed by atoms with E-state index in [4.69, 9.17) is 5.73 Å². The monoisotopic (exact) mass is 394 g/mol. The Hall–Kier alpha value is -1.35. The third kappa shape index (κ3) is 3.24. The molecule has 158 valence electrons. The highest BCUT2D eigenvalue weighted by Crippen LogP contribution is 2.71. The highest BCUT2D eigenvalue weighted by atomic mass is 16.2. The first-order valence-electron chi connectivity index (χ1n) is 12.1. The molecule has 29 heavy (non-hydrogen) atoms. The van der Waals surface area contributed by atoms with Crippen LogP contribution in [0.5, 0.6) is 0 Å². The largest absolute Gasteiger partial charge is 0.353 e. The standard InChI is InChI=1S/C26H38N2O/c1-2-24-12-20-13-25(16-24,21-6-4-3-5-7-21)18-26(14-20,17-24)23(29)28-22-10-8-19(15-27)9-11-22/h3-7,19-20,22H,2,8-18,27H2,1H3,(H,28,29)/t19-,20?,22-,24?,25-,26?/m1/s1. The van der Waals surface area contributed by atoms with Gasteiger partial charge in [0.2, 0.25) is 5.91 Å². The van der Waals surface area contributed by atoms with Crippen LogP contribution in [0.25, 0.3) is 0 Å². The molecule has 5 aliphatic rings. The molecule has 0 heterocycles. The minimum atomic E-state index is -0.143. The van der Waals surface area contributed by atoms with Gasteiger partial charge in [-0.25, -0.2) is 0 Å². The van der Waals surface area contributed by atoms with E-state index >= 15 is 0 Å². The first kappa shape index (κ1) is 19.6. The molecule has 0 aliphatic heterocycles. The summed E-state index contributed by atoms with van der Waals surface area (Å²) >= 11 is 0.